The zero-order valence-corrected chi connectivity index (χ0v) is 9.62. The van der Waals surface area contributed by atoms with Gasteiger partial charge in [0.05, 0.1) is 6.04 Å². The number of rotatable bonds is 2. The highest BCUT2D eigenvalue weighted by Crippen LogP contribution is 2.25. The smallest absolute Gasteiger partial charge is 0.240 e. The van der Waals surface area contributed by atoms with E-state index in [1.807, 2.05) is 6.07 Å². The molecule has 90 valence electrons. The highest BCUT2D eigenvalue weighted by molar-refractivity contribution is 5.96. The molecule has 4 N–H and O–H groups in total. The van der Waals surface area contributed by atoms with Crippen LogP contribution >= 0.6 is 0 Å². The molecule has 1 heterocycles. The van der Waals surface area contributed by atoms with Gasteiger partial charge < -0.3 is 16.4 Å². The molecule has 0 fully saturated rings. The van der Waals surface area contributed by atoms with Gasteiger partial charge in [-0.1, -0.05) is 0 Å². The number of hydrogen-bond acceptors (Lipinski definition) is 3. The van der Waals surface area contributed by atoms with Crippen LogP contribution in [0, 0.1) is 0 Å². The van der Waals surface area contributed by atoms with Gasteiger partial charge in [-0.3, -0.25) is 9.59 Å². The maximum absolute atomic E-state index is 11.4. The third kappa shape index (κ3) is 2.62. The molecule has 0 aliphatic carbocycles. The van der Waals surface area contributed by atoms with E-state index in [1.165, 1.54) is 0 Å². The van der Waals surface area contributed by atoms with E-state index in [1.54, 1.807) is 19.1 Å². The summed E-state index contributed by atoms with van der Waals surface area (Å²) >= 11 is 0. The van der Waals surface area contributed by atoms with Gasteiger partial charge in [0.15, 0.2) is 0 Å². The van der Waals surface area contributed by atoms with Gasteiger partial charge in [-0.25, -0.2) is 0 Å². The maximum atomic E-state index is 11.4. The molecule has 2 amide bonds. The van der Waals surface area contributed by atoms with E-state index in [4.69, 9.17) is 5.73 Å². The summed E-state index contributed by atoms with van der Waals surface area (Å²) in [4.78, 5) is 22.6. The van der Waals surface area contributed by atoms with Crippen LogP contribution in [0.15, 0.2) is 18.2 Å². The van der Waals surface area contributed by atoms with Crippen LogP contribution in [0.3, 0.4) is 0 Å². The Hall–Kier alpha value is -1.88. The summed E-state index contributed by atoms with van der Waals surface area (Å²) in [5.41, 5.74) is 8.03. The standard InChI is InChI=1S/C12H15N3O2/c1-7(13)12(17)14-9-3-4-10-8(6-9)2-5-11(16)15-10/h3-4,6-7H,2,5,13H2,1H3,(H,14,17)(H,15,16)/t7-/m0/s1. The summed E-state index contributed by atoms with van der Waals surface area (Å²) in [7, 11) is 0. The van der Waals surface area contributed by atoms with E-state index < -0.39 is 6.04 Å². The first-order valence-corrected chi connectivity index (χ1v) is 5.55. The number of hydrogen-bond donors (Lipinski definition) is 3. The average molecular weight is 233 g/mol. The lowest BCUT2D eigenvalue weighted by atomic mass is 10.0. The van der Waals surface area contributed by atoms with Gasteiger partial charge in [0, 0.05) is 17.8 Å². The van der Waals surface area contributed by atoms with E-state index in [-0.39, 0.29) is 11.8 Å². The van der Waals surface area contributed by atoms with Gasteiger partial charge in [0.25, 0.3) is 0 Å². The Kier molecular flexibility index (Phi) is 3.10. The predicted octanol–water partition coefficient (Wildman–Crippen LogP) is 0.857. The van der Waals surface area contributed by atoms with Crippen LogP contribution in [0.1, 0.15) is 18.9 Å². The summed E-state index contributed by atoms with van der Waals surface area (Å²) in [6.45, 7) is 1.63. The molecule has 0 unspecified atom stereocenters. The monoisotopic (exact) mass is 233 g/mol. The van der Waals surface area contributed by atoms with E-state index in [9.17, 15) is 9.59 Å². The Morgan fingerprint density at radius 3 is 2.94 bits per heavy atom. The molecular weight excluding hydrogens is 218 g/mol. The van der Waals surface area contributed by atoms with Crippen molar-refractivity contribution in [3.05, 3.63) is 23.8 Å². The fourth-order valence-electron chi connectivity index (χ4n) is 1.72. The molecule has 17 heavy (non-hydrogen) atoms. The van der Waals surface area contributed by atoms with Gasteiger partial charge in [0.1, 0.15) is 0 Å². The van der Waals surface area contributed by atoms with Gasteiger partial charge in [0.2, 0.25) is 11.8 Å². The highest BCUT2D eigenvalue weighted by atomic mass is 16.2. The number of anilines is 2. The zero-order chi connectivity index (χ0) is 12.4. The van der Waals surface area contributed by atoms with E-state index >= 15 is 0 Å². The van der Waals surface area contributed by atoms with Gasteiger partial charge in [-0.05, 0) is 37.1 Å². The lowest BCUT2D eigenvalue weighted by Crippen LogP contribution is -2.32. The molecule has 5 nitrogen and oxygen atoms in total. The normalized spacial score (nSPS) is 15.8. The summed E-state index contributed by atoms with van der Waals surface area (Å²) in [5.74, 6) is -0.185. The van der Waals surface area contributed by atoms with Crippen LogP contribution in [-0.4, -0.2) is 17.9 Å². The van der Waals surface area contributed by atoms with E-state index in [0.29, 0.717) is 18.5 Å². The Morgan fingerprint density at radius 2 is 2.24 bits per heavy atom. The molecule has 2 rings (SSSR count). The quantitative estimate of drug-likeness (QED) is 0.708. The van der Waals surface area contributed by atoms with Crippen molar-refractivity contribution in [2.75, 3.05) is 10.6 Å². The maximum Gasteiger partial charge on any atom is 0.240 e. The van der Waals surface area contributed by atoms with Crippen molar-refractivity contribution in [2.45, 2.75) is 25.8 Å². The number of nitrogens with two attached hydrogens (primary N) is 1. The van der Waals surface area contributed by atoms with Crippen molar-refractivity contribution in [3.8, 4) is 0 Å². The van der Waals surface area contributed by atoms with Gasteiger partial charge in [-0.2, -0.15) is 0 Å². The molecule has 0 radical (unpaired) electrons. The van der Waals surface area contributed by atoms with Crippen molar-refractivity contribution in [3.63, 3.8) is 0 Å². The van der Waals surface area contributed by atoms with E-state index in [0.717, 1.165) is 11.3 Å². The Bertz CT molecular complexity index is 469. The fraction of sp³-hybridized carbons (Fsp3) is 0.333. The summed E-state index contributed by atoms with van der Waals surface area (Å²) in [5, 5.41) is 5.51. The molecule has 0 bridgehead atoms. The van der Waals surface area contributed by atoms with Crippen LogP contribution in [0.5, 0.6) is 0 Å². The second-order valence-corrected chi connectivity index (χ2v) is 4.20. The second kappa shape index (κ2) is 4.55. The number of carbonyl (C=O) groups excluding carboxylic acids is 2. The van der Waals surface area contributed by atoms with E-state index in [2.05, 4.69) is 10.6 Å². The van der Waals surface area contributed by atoms with Crippen LogP contribution in [0.25, 0.3) is 0 Å². The number of aryl methyl sites for hydroxylation is 1. The van der Waals surface area contributed by atoms with Crippen molar-refractivity contribution < 1.29 is 9.59 Å². The molecular formula is C12H15N3O2. The third-order valence-electron chi connectivity index (χ3n) is 2.68. The molecule has 1 aromatic carbocycles. The molecule has 0 aromatic heterocycles. The molecule has 1 aliphatic rings. The van der Waals surface area contributed by atoms with Crippen LogP contribution < -0.4 is 16.4 Å². The molecule has 0 spiro atoms. The number of amides is 2. The molecule has 0 saturated carbocycles. The lowest BCUT2D eigenvalue weighted by Gasteiger charge is -2.18. The van der Waals surface area contributed by atoms with Crippen LogP contribution in [0.2, 0.25) is 0 Å². The number of nitrogens with one attached hydrogen (secondary N) is 2. The minimum absolute atomic E-state index is 0.0323. The molecule has 5 heteroatoms. The summed E-state index contributed by atoms with van der Waals surface area (Å²) < 4.78 is 0. The Labute approximate surface area is 99.4 Å². The van der Waals surface area contributed by atoms with Crippen molar-refractivity contribution in [1.82, 2.24) is 0 Å². The highest BCUT2D eigenvalue weighted by Gasteiger charge is 2.15. The molecule has 1 atom stereocenters. The van der Waals surface area contributed by atoms with Crippen LogP contribution in [0.4, 0.5) is 11.4 Å². The molecule has 1 aromatic rings. The average Bonchev–Trinajstić information content (AvgIpc) is 2.29. The zero-order valence-electron chi connectivity index (χ0n) is 9.62. The second-order valence-electron chi connectivity index (χ2n) is 4.20. The fourth-order valence-corrected chi connectivity index (χ4v) is 1.72. The summed E-state index contributed by atoms with van der Waals surface area (Å²) in [6, 6.07) is 4.88. The largest absolute Gasteiger partial charge is 0.326 e. The molecule has 0 saturated heterocycles. The number of carbonyl (C=O) groups is 2. The first-order chi connectivity index (χ1) is 8.06. The number of benzene rings is 1. The Balaban J connectivity index is 2.17. The number of fused-ring (bicyclic) bond motifs is 1. The van der Waals surface area contributed by atoms with Crippen LogP contribution in [-0.2, 0) is 16.0 Å². The topological polar surface area (TPSA) is 84.2 Å². The van der Waals surface area contributed by atoms with Gasteiger partial charge in [-0.15, -0.1) is 0 Å². The van der Waals surface area contributed by atoms with Gasteiger partial charge >= 0.3 is 0 Å². The summed E-state index contributed by atoms with van der Waals surface area (Å²) in [6.07, 6.45) is 1.18. The van der Waals surface area contributed by atoms with Crippen molar-refractivity contribution in [1.29, 1.82) is 0 Å². The SMILES string of the molecule is C[C@H](N)C(=O)Nc1ccc2c(c1)CCC(=O)N2. The third-order valence-corrected chi connectivity index (χ3v) is 2.68. The van der Waals surface area contributed by atoms with Crippen molar-refractivity contribution in [2.24, 2.45) is 5.73 Å². The van der Waals surface area contributed by atoms with Crippen molar-refractivity contribution >= 4 is 23.2 Å². The lowest BCUT2D eigenvalue weighted by molar-refractivity contribution is -0.117. The first-order valence-electron chi connectivity index (χ1n) is 5.55. The Morgan fingerprint density at radius 1 is 1.47 bits per heavy atom. The molecule has 1 aliphatic heterocycles. The predicted molar refractivity (Wildman–Crippen MR) is 65.7 cm³/mol. The first kappa shape index (κ1) is 11.6. The minimum atomic E-state index is -0.536. The minimum Gasteiger partial charge on any atom is -0.326 e.